The van der Waals surface area contributed by atoms with Crippen LogP contribution in [0.2, 0.25) is 0 Å². The summed E-state index contributed by atoms with van der Waals surface area (Å²) in [5.74, 6) is 0. The molecule has 0 spiro atoms. The fraction of sp³-hybridized carbons (Fsp3) is 0.0769. The van der Waals surface area contributed by atoms with Gasteiger partial charge >= 0.3 is 0 Å². The van der Waals surface area contributed by atoms with Crippen molar-refractivity contribution >= 4 is 54.8 Å². The first kappa shape index (κ1) is 14.3. The van der Waals surface area contributed by atoms with E-state index in [0.717, 1.165) is 16.5 Å². The Labute approximate surface area is 135 Å². The van der Waals surface area contributed by atoms with Gasteiger partial charge in [-0.1, -0.05) is 17.4 Å². The SMILES string of the molecule is Cc1ccc(NS(=O)c2cnc(Br)s2)c2[nH]cc(C#N)c12. The second-order valence-corrected chi connectivity index (χ2v) is 8.04. The van der Waals surface area contributed by atoms with E-state index in [-0.39, 0.29) is 0 Å². The van der Waals surface area contributed by atoms with E-state index in [1.807, 2.05) is 19.1 Å². The number of nitriles is 1. The molecule has 0 radical (unpaired) electrons. The number of anilines is 1. The van der Waals surface area contributed by atoms with Crippen LogP contribution in [0.1, 0.15) is 11.1 Å². The molecule has 106 valence electrons. The van der Waals surface area contributed by atoms with E-state index >= 15 is 0 Å². The van der Waals surface area contributed by atoms with Crippen molar-refractivity contribution in [2.45, 2.75) is 11.1 Å². The van der Waals surface area contributed by atoms with Crippen molar-refractivity contribution in [1.82, 2.24) is 9.97 Å². The van der Waals surface area contributed by atoms with E-state index in [2.05, 4.69) is 36.7 Å². The second kappa shape index (κ2) is 5.60. The highest BCUT2D eigenvalue weighted by Crippen LogP contribution is 2.30. The highest BCUT2D eigenvalue weighted by Gasteiger charge is 2.13. The molecular weight excluding hydrogens is 372 g/mol. The summed E-state index contributed by atoms with van der Waals surface area (Å²) in [5.41, 5.74) is 3.06. The Morgan fingerprint density at radius 2 is 2.33 bits per heavy atom. The summed E-state index contributed by atoms with van der Waals surface area (Å²) in [6, 6.07) is 5.91. The van der Waals surface area contributed by atoms with Crippen LogP contribution in [-0.2, 0) is 11.0 Å². The zero-order valence-corrected chi connectivity index (χ0v) is 14.0. The zero-order chi connectivity index (χ0) is 15.0. The molecule has 1 atom stereocenters. The third-order valence-corrected chi connectivity index (χ3v) is 5.86. The molecule has 0 saturated heterocycles. The summed E-state index contributed by atoms with van der Waals surface area (Å²) < 4.78 is 16.6. The normalized spacial score (nSPS) is 12.2. The highest BCUT2D eigenvalue weighted by molar-refractivity contribution is 9.11. The topological polar surface area (TPSA) is 81.6 Å². The van der Waals surface area contributed by atoms with Gasteiger partial charge in [0.05, 0.1) is 23.0 Å². The molecule has 0 saturated carbocycles. The number of rotatable bonds is 3. The fourth-order valence-electron chi connectivity index (χ4n) is 2.07. The molecule has 2 heterocycles. The lowest BCUT2D eigenvalue weighted by atomic mass is 10.1. The average Bonchev–Trinajstić information content (AvgIpc) is 3.08. The Kier molecular flexibility index (Phi) is 3.80. The monoisotopic (exact) mass is 380 g/mol. The summed E-state index contributed by atoms with van der Waals surface area (Å²) >= 11 is 4.56. The predicted molar refractivity (Wildman–Crippen MR) is 87.6 cm³/mol. The molecule has 0 fully saturated rings. The number of benzene rings is 1. The van der Waals surface area contributed by atoms with Crippen molar-refractivity contribution in [2.75, 3.05) is 4.72 Å². The van der Waals surface area contributed by atoms with Gasteiger partial charge in [-0.05, 0) is 34.5 Å². The van der Waals surface area contributed by atoms with Gasteiger partial charge in [-0.2, -0.15) is 5.26 Å². The van der Waals surface area contributed by atoms with Gasteiger partial charge in [0.25, 0.3) is 0 Å². The van der Waals surface area contributed by atoms with Crippen molar-refractivity contribution in [3.8, 4) is 6.07 Å². The van der Waals surface area contributed by atoms with E-state index in [9.17, 15) is 4.21 Å². The first-order chi connectivity index (χ1) is 10.1. The molecule has 1 aromatic carbocycles. The Morgan fingerprint density at radius 1 is 1.52 bits per heavy atom. The van der Waals surface area contributed by atoms with Crippen LogP contribution in [-0.4, -0.2) is 14.2 Å². The Bertz CT molecular complexity index is 893. The lowest BCUT2D eigenvalue weighted by Crippen LogP contribution is -2.03. The fourth-order valence-corrected chi connectivity index (χ4v) is 4.68. The minimum atomic E-state index is -1.40. The van der Waals surface area contributed by atoms with E-state index in [4.69, 9.17) is 5.26 Å². The number of hydrogen-bond donors (Lipinski definition) is 2. The number of H-pyrrole nitrogens is 1. The van der Waals surface area contributed by atoms with Crippen LogP contribution in [0.5, 0.6) is 0 Å². The van der Waals surface area contributed by atoms with Crippen LogP contribution in [0.25, 0.3) is 10.9 Å². The van der Waals surface area contributed by atoms with Gasteiger partial charge < -0.3 is 4.98 Å². The number of hydrogen-bond acceptors (Lipinski definition) is 4. The van der Waals surface area contributed by atoms with Crippen molar-refractivity contribution in [2.24, 2.45) is 0 Å². The Hall–Kier alpha value is -1.69. The number of fused-ring (bicyclic) bond motifs is 1. The maximum Gasteiger partial charge on any atom is 0.162 e. The molecule has 2 N–H and O–H groups in total. The Morgan fingerprint density at radius 3 is 3.00 bits per heavy atom. The molecule has 3 rings (SSSR count). The van der Waals surface area contributed by atoms with Gasteiger partial charge in [0.2, 0.25) is 0 Å². The molecule has 0 amide bonds. The van der Waals surface area contributed by atoms with Gasteiger partial charge in [-0.3, -0.25) is 4.72 Å². The summed E-state index contributed by atoms with van der Waals surface area (Å²) in [5, 5.41) is 9.99. The van der Waals surface area contributed by atoms with Crippen LogP contribution < -0.4 is 4.72 Å². The average molecular weight is 381 g/mol. The quantitative estimate of drug-likeness (QED) is 0.726. The molecule has 1 unspecified atom stereocenters. The van der Waals surface area contributed by atoms with Crippen LogP contribution in [0.3, 0.4) is 0 Å². The number of aromatic amines is 1. The Balaban J connectivity index is 2.02. The molecule has 0 bridgehead atoms. The lowest BCUT2D eigenvalue weighted by Gasteiger charge is -2.07. The predicted octanol–water partition coefficient (Wildman–Crippen LogP) is 3.70. The number of aryl methyl sites for hydroxylation is 1. The maximum atomic E-state index is 12.3. The highest BCUT2D eigenvalue weighted by atomic mass is 79.9. The summed E-state index contributed by atoms with van der Waals surface area (Å²) in [6.45, 7) is 1.94. The number of aromatic nitrogens is 2. The zero-order valence-electron chi connectivity index (χ0n) is 10.8. The van der Waals surface area contributed by atoms with Crippen LogP contribution in [0, 0.1) is 18.3 Å². The number of nitrogens with zero attached hydrogens (tertiary/aromatic N) is 2. The van der Waals surface area contributed by atoms with Gasteiger partial charge in [-0.25, -0.2) is 9.19 Å². The summed E-state index contributed by atoms with van der Waals surface area (Å²) in [7, 11) is -1.40. The number of thiazole rings is 1. The lowest BCUT2D eigenvalue weighted by molar-refractivity contribution is 0.687. The second-order valence-electron chi connectivity index (χ2n) is 4.30. The standard InChI is InChI=1S/C13H9BrN4OS2/c1-7-2-3-9(12-11(7)8(4-15)5-16-12)18-21(19)10-6-17-13(14)20-10/h2-3,5-6,16,18H,1H3. The van der Waals surface area contributed by atoms with Gasteiger partial charge in [0.15, 0.2) is 14.9 Å². The van der Waals surface area contributed by atoms with Gasteiger partial charge in [-0.15, -0.1) is 0 Å². The van der Waals surface area contributed by atoms with Crippen LogP contribution >= 0.6 is 27.3 Å². The minimum Gasteiger partial charge on any atom is -0.358 e. The maximum absolute atomic E-state index is 12.3. The third kappa shape index (κ3) is 2.60. The summed E-state index contributed by atoms with van der Waals surface area (Å²) in [4.78, 5) is 7.09. The number of nitrogens with one attached hydrogen (secondary N) is 2. The molecule has 0 aliphatic rings. The third-order valence-electron chi connectivity index (χ3n) is 3.01. The molecule has 0 aliphatic carbocycles. The van der Waals surface area contributed by atoms with Crippen molar-refractivity contribution in [3.63, 3.8) is 0 Å². The van der Waals surface area contributed by atoms with Crippen LogP contribution in [0.15, 0.2) is 32.7 Å². The van der Waals surface area contributed by atoms with Crippen LogP contribution in [0.4, 0.5) is 5.69 Å². The molecule has 8 heteroatoms. The smallest absolute Gasteiger partial charge is 0.162 e. The summed E-state index contributed by atoms with van der Waals surface area (Å²) in [6.07, 6.45) is 3.23. The van der Waals surface area contributed by atoms with Crippen molar-refractivity contribution in [1.29, 1.82) is 5.26 Å². The molecule has 5 nitrogen and oxygen atoms in total. The largest absolute Gasteiger partial charge is 0.358 e. The molecule has 21 heavy (non-hydrogen) atoms. The van der Waals surface area contributed by atoms with Crippen molar-refractivity contribution < 1.29 is 4.21 Å². The van der Waals surface area contributed by atoms with Gasteiger partial charge in [0.1, 0.15) is 10.3 Å². The first-order valence-corrected chi connectivity index (χ1v) is 8.66. The minimum absolute atomic E-state index is 0.581. The van der Waals surface area contributed by atoms with E-state index in [1.54, 1.807) is 12.4 Å². The van der Waals surface area contributed by atoms with Crippen molar-refractivity contribution in [3.05, 3.63) is 39.6 Å². The molecule has 3 aromatic rings. The molecule has 2 aromatic heterocycles. The number of halogens is 1. The molecular formula is C13H9BrN4OS2. The van der Waals surface area contributed by atoms with E-state index < -0.39 is 11.0 Å². The molecule has 0 aliphatic heterocycles. The van der Waals surface area contributed by atoms with E-state index in [0.29, 0.717) is 19.4 Å². The van der Waals surface area contributed by atoms with Gasteiger partial charge in [0, 0.05) is 11.6 Å². The van der Waals surface area contributed by atoms with E-state index in [1.165, 1.54) is 11.3 Å². The first-order valence-electron chi connectivity index (χ1n) is 5.90.